The van der Waals surface area contributed by atoms with Crippen molar-refractivity contribution in [2.24, 2.45) is 29.6 Å². The first-order chi connectivity index (χ1) is 19.3. The van der Waals surface area contributed by atoms with Crippen LogP contribution in [0, 0.1) is 29.6 Å². The third-order valence-corrected chi connectivity index (χ3v) is 11.7. The number of nitrogens with zero attached hydrogens (tertiary/aromatic N) is 1. The summed E-state index contributed by atoms with van der Waals surface area (Å²) in [7, 11) is 3.45. The highest BCUT2D eigenvalue weighted by Crippen LogP contribution is 2.54. The van der Waals surface area contributed by atoms with Crippen molar-refractivity contribution in [3.63, 3.8) is 0 Å². The highest BCUT2D eigenvalue weighted by atomic mass is 16.5. The lowest BCUT2D eigenvalue weighted by Crippen LogP contribution is -2.70. The summed E-state index contributed by atoms with van der Waals surface area (Å²) in [5.74, 6) is 1.66. The topological polar surface area (TPSA) is 106 Å². The molecule has 3 aliphatic heterocycles. The number of hydrogen-bond acceptors (Lipinski definition) is 7. The third-order valence-electron chi connectivity index (χ3n) is 11.7. The summed E-state index contributed by atoms with van der Waals surface area (Å²) in [6.07, 6.45) is 8.43. The molecule has 6 aliphatic rings. The molecule has 6 fully saturated rings. The van der Waals surface area contributed by atoms with Gasteiger partial charge in [0.15, 0.2) is 0 Å². The minimum absolute atomic E-state index is 0.0344. The lowest BCUT2D eigenvalue weighted by Gasteiger charge is -2.55. The van der Waals surface area contributed by atoms with E-state index in [-0.39, 0.29) is 71.8 Å². The van der Waals surface area contributed by atoms with Crippen molar-refractivity contribution in [1.82, 2.24) is 15.5 Å². The van der Waals surface area contributed by atoms with Crippen LogP contribution in [0.4, 0.5) is 0 Å². The second kappa shape index (κ2) is 11.6. The highest BCUT2D eigenvalue weighted by Gasteiger charge is 2.64. The Balaban J connectivity index is 1.10. The molecule has 0 radical (unpaired) electrons. The van der Waals surface area contributed by atoms with E-state index in [4.69, 9.17) is 14.2 Å². The Kier molecular flexibility index (Phi) is 8.29. The van der Waals surface area contributed by atoms with E-state index in [1.54, 1.807) is 21.1 Å². The van der Waals surface area contributed by atoms with Crippen LogP contribution in [0.1, 0.15) is 78.1 Å². The minimum Gasteiger partial charge on any atom is -0.379 e. The number of rotatable bonds is 7. The van der Waals surface area contributed by atoms with Crippen molar-refractivity contribution in [3.05, 3.63) is 0 Å². The quantitative estimate of drug-likeness (QED) is 0.494. The number of hydrogen-bond donors (Lipinski definition) is 2. The van der Waals surface area contributed by atoms with Crippen molar-refractivity contribution >= 4 is 17.6 Å². The van der Waals surface area contributed by atoms with Crippen LogP contribution in [0.25, 0.3) is 0 Å². The molecule has 3 heterocycles. The van der Waals surface area contributed by atoms with Gasteiger partial charge in [0, 0.05) is 38.3 Å². The number of methoxy groups -OCH3 is 2. The second-order valence-corrected chi connectivity index (χ2v) is 13.5. The predicted octanol–water partition coefficient (Wildman–Crippen LogP) is 2.45. The van der Waals surface area contributed by atoms with Gasteiger partial charge in [-0.2, -0.15) is 0 Å². The third kappa shape index (κ3) is 4.92. The van der Waals surface area contributed by atoms with Gasteiger partial charge >= 0.3 is 0 Å². The van der Waals surface area contributed by atoms with Crippen LogP contribution in [-0.4, -0.2) is 91.8 Å². The molecule has 224 valence electrons. The standard InChI is InChI=1S/C31H49N3O6/c1-16(35)18-5-7-19(8-6-18)33-30(36)17(2)40-20-9-11-24-23(15-20)21-13-14-32-27-22-10-12-25(38-3)29(39-4)26(22)31(37)34(24)28(21)27/h17-29,32H,5-15H2,1-4H3,(H,33,36)/t17-,18?,19?,20?,21?,22?,23?,24?,25?,26?,27?,28?,29?/m0/s1. The average Bonchev–Trinajstić information content (AvgIpc) is 3.30. The molecular weight excluding hydrogens is 510 g/mol. The molecule has 9 heteroatoms. The number of carbonyl (C=O) groups excluding carboxylic acids is 3. The summed E-state index contributed by atoms with van der Waals surface area (Å²) in [5.41, 5.74) is 0. The van der Waals surface area contributed by atoms with Gasteiger partial charge in [0.25, 0.3) is 0 Å². The van der Waals surface area contributed by atoms with Gasteiger partial charge in [-0.05, 0) is 102 Å². The molecule has 0 bridgehead atoms. The van der Waals surface area contributed by atoms with Crippen LogP contribution >= 0.6 is 0 Å². The number of carbonyl (C=O) groups is 3. The summed E-state index contributed by atoms with van der Waals surface area (Å²) in [5, 5.41) is 7.02. The molecule has 3 saturated heterocycles. The van der Waals surface area contributed by atoms with E-state index < -0.39 is 6.10 Å². The molecule has 0 spiro atoms. The molecule has 3 saturated carbocycles. The Morgan fingerprint density at radius 2 is 1.73 bits per heavy atom. The van der Waals surface area contributed by atoms with Crippen molar-refractivity contribution < 1.29 is 28.6 Å². The monoisotopic (exact) mass is 559 g/mol. The van der Waals surface area contributed by atoms with E-state index in [0.29, 0.717) is 17.9 Å². The fraction of sp³-hybridized carbons (Fsp3) is 0.903. The minimum atomic E-state index is -0.505. The number of Topliss-reactive ketones (excluding diaryl/α,β-unsaturated/α-hetero) is 1. The van der Waals surface area contributed by atoms with Crippen LogP contribution in [0.2, 0.25) is 0 Å². The first-order valence-corrected chi connectivity index (χ1v) is 15.9. The SMILES string of the molecule is COC1CCC2C3NCCC4C5CC(O[C@@H](C)C(=O)NC6CCC(C(C)=O)CC6)CCC5N(C(=O)C2C1OC)C43. The molecular formula is C31H49N3O6. The molecule has 0 aromatic heterocycles. The van der Waals surface area contributed by atoms with Gasteiger partial charge in [0.2, 0.25) is 11.8 Å². The number of ketones is 1. The fourth-order valence-corrected chi connectivity index (χ4v) is 9.77. The molecule has 3 aliphatic carbocycles. The Bertz CT molecular complexity index is 969. The van der Waals surface area contributed by atoms with Gasteiger partial charge < -0.3 is 29.7 Å². The summed E-state index contributed by atoms with van der Waals surface area (Å²) < 4.78 is 18.1. The van der Waals surface area contributed by atoms with Crippen LogP contribution in [0.3, 0.4) is 0 Å². The predicted molar refractivity (Wildman–Crippen MR) is 148 cm³/mol. The fourth-order valence-electron chi connectivity index (χ4n) is 9.77. The average molecular weight is 560 g/mol. The maximum atomic E-state index is 14.2. The van der Waals surface area contributed by atoms with Gasteiger partial charge in [0.1, 0.15) is 11.9 Å². The van der Waals surface area contributed by atoms with E-state index in [0.717, 1.165) is 70.8 Å². The number of nitrogens with one attached hydrogen (secondary N) is 2. The van der Waals surface area contributed by atoms with Gasteiger partial charge in [0.05, 0.1) is 30.3 Å². The van der Waals surface area contributed by atoms with Crippen molar-refractivity contribution in [2.45, 2.75) is 127 Å². The summed E-state index contributed by atoms with van der Waals surface area (Å²) in [4.78, 5) is 41.2. The largest absolute Gasteiger partial charge is 0.379 e. The molecule has 9 nitrogen and oxygen atoms in total. The summed E-state index contributed by atoms with van der Waals surface area (Å²) in [6, 6.07) is 0.931. The zero-order valence-electron chi connectivity index (χ0n) is 24.7. The van der Waals surface area contributed by atoms with Gasteiger partial charge in [-0.3, -0.25) is 14.4 Å². The molecule has 10 unspecified atom stereocenters. The molecule has 0 aromatic carbocycles. The van der Waals surface area contributed by atoms with Crippen LogP contribution < -0.4 is 10.6 Å². The van der Waals surface area contributed by atoms with E-state index >= 15 is 0 Å². The lowest BCUT2D eigenvalue weighted by atomic mass is 9.64. The molecule has 40 heavy (non-hydrogen) atoms. The normalized spacial score (nSPS) is 45.2. The highest BCUT2D eigenvalue weighted by molar-refractivity contribution is 5.83. The van der Waals surface area contributed by atoms with E-state index in [1.807, 2.05) is 6.92 Å². The zero-order chi connectivity index (χ0) is 28.1. The van der Waals surface area contributed by atoms with Crippen molar-refractivity contribution in [3.8, 4) is 0 Å². The van der Waals surface area contributed by atoms with Crippen molar-refractivity contribution in [1.29, 1.82) is 0 Å². The van der Waals surface area contributed by atoms with Gasteiger partial charge in [-0.25, -0.2) is 0 Å². The summed E-state index contributed by atoms with van der Waals surface area (Å²) >= 11 is 0. The molecule has 2 N–H and O–H groups in total. The number of fused-ring (bicyclic) bond motifs is 5. The van der Waals surface area contributed by atoms with Crippen molar-refractivity contribution in [2.75, 3.05) is 20.8 Å². The van der Waals surface area contributed by atoms with Gasteiger partial charge in [-0.1, -0.05) is 0 Å². The van der Waals surface area contributed by atoms with Crippen LogP contribution in [-0.2, 0) is 28.6 Å². The molecule has 2 amide bonds. The number of ether oxygens (including phenoxy) is 3. The Labute approximate surface area is 238 Å². The van der Waals surface area contributed by atoms with Crippen LogP contribution in [0.15, 0.2) is 0 Å². The van der Waals surface area contributed by atoms with E-state index in [9.17, 15) is 14.4 Å². The van der Waals surface area contributed by atoms with E-state index in [2.05, 4.69) is 15.5 Å². The Morgan fingerprint density at radius 3 is 2.42 bits per heavy atom. The second-order valence-electron chi connectivity index (χ2n) is 13.5. The summed E-state index contributed by atoms with van der Waals surface area (Å²) in [6.45, 7) is 4.53. The Hall–Kier alpha value is -1.55. The van der Waals surface area contributed by atoms with Crippen LogP contribution in [0.5, 0.6) is 0 Å². The lowest BCUT2D eigenvalue weighted by molar-refractivity contribution is -0.175. The maximum absolute atomic E-state index is 14.2. The number of piperidine rings is 2. The first kappa shape index (κ1) is 28.6. The molecule has 0 aromatic rings. The van der Waals surface area contributed by atoms with E-state index in [1.165, 1.54) is 0 Å². The maximum Gasteiger partial charge on any atom is 0.249 e. The van der Waals surface area contributed by atoms with Gasteiger partial charge in [-0.15, -0.1) is 0 Å². The molecule has 11 atom stereocenters. The Morgan fingerprint density at radius 1 is 0.950 bits per heavy atom. The smallest absolute Gasteiger partial charge is 0.249 e. The number of amides is 2. The first-order valence-electron chi connectivity index (χ1n) is 15.9. The molecule has 6 rings (SSSR count). The zero-order valence-corrected chi connectivity index (χ0v) is 24.7.